The first-order valence-electron chi connectivity index (χ1n) is 10.5. The van der Waals surface area contributed by atoms with Crippen LogP contribution in [0.3, 0.4) is 0 Å². The predicted octanol–water partition coefficient (Wildman–Crippen LogP) is 3.53. The van der Waals surface area contributed by atoms with Gasteiger partial charge in [-0.3, -0.25) is 4.79 Å². The number of imidazole rings is 1. The second-order valence-corrected chi connectivity index (χ2v) is 8.53. The number of alkyl halides is 3. The average molecular weight is 436 g/mol. The highest BCUT2D eigenvalue weighted by molar-refractivity contribution is 5.96. The first-order valence-corrected chi connectivity index (χ1v) is 10.5. The molecule has 2 saturated heterocycles. The fourth-order valence-corrected chi connectivity index (χ4v) is 4.63. The minimum absolute atomic E-state index is 0.00693. The van der Waals surface area contributed by atoms with Crippen molar-refractivity contribution in [3.8, 4) is 0 Å². The van der Waals surface area contributed by atoms with Crippen LogP contribution < -0.4 is 0 Å². The number of nitrogens with zero attached hydrogens (tertiary/aromatic N) is 4. The Labute approximate surface area is 176 Å². The monoisotopic (exact) mass is 436 g/mol. The fraction of sp³-hybridized carbons (Fsp3) is 0.571. The summed E-state index contributed by atoms with van der Waals surface area (Å²) in [7, 11) is 1.59. The molecule has 0 N–H and O–H groups in total. The van der Waals surface area contributed by atoms with Gasteiger partial charge in [0.15, 0.2) is 5.82 Å². The lowest BCUT2D eigenvalue weighted by atomic mass is 10.0. The van der Waals surface area contributed by atoms with Crippen LogP contribution in [-0.4, -0.2) is 63.6 Å². The van der Waals surface area contributed by atoms with Crippen LogP contribution in [0.15, 0.2) is 12.1 Å². The largest absolute Gasteiger partial charge is 0.448 e. The van der Waals surface area contributed by atoms with E-state index in [1.807, 2.05) is 0 Å². The molecule has 0 radical (unpaired) electrons. The van der Waals surface area contributed by atoms with Gasteiger partial charge in [0, 0.05) is 26.2 Å². The summed E-state index contributed by atoms with van der Waals surface area (Å²) in [6.07, 6.45) is -1.90. The van der Waals surface area contributed by atoms with E-state index in [2.05, 4.69) is 4.98 Å². The number of amides is 2. The normalized spacial score (nSPS) is 20.6. The number of piperidine rings is 1. The first-order chi connectivity index (χ1) is 14.7. The Kier molecular flexibility index (Phi) is 4.63. The Morgan fingerprint density at radius 1 is 1.13 bits per heavy atom. The summed E-state index contributed by atoms with van der Waals surface area (Å²) in [5, 5.41) is 0. The van der Waals surface area contributed by atoms with E-state index in [0.717, 1.165) is 12.8 Å². The number of likely N-dealkylation sites (tertiary alicyclic amines) is 1. The van der Waals surface area contributed by atoms with Crippen LogP contribution in [0.2, 0.25) is 0 Å². The summed E-state index contributed by atoms with van der Waals surface area (Å²) in [6, 6.07) is 2.93. The van der Waals surface area contributed by atoms with E-state index in [1.54, 1.807) is 22.9 Å². The van der Waals surface area contributed by atoms with E-state index in [4.69, 9.17) is 4.74 Å². The molecule has 2 amide bonds. The number of halogens is 3. The third-order valence-electron chi connectivity index (χ3n) is 6.54. The Bertz CT molecular complexity index is 1050. The fourth-order valence-electron chi connectivity index (χ4n) is 4.63. The van der Waals surface area contributed by atoms with E-state index in [0.29, 0.717) is 50.2 Å². The van der Waals surface area contributed by atoms with E-state index < -0.39 is 11.7 Å². The molecule has 1 aromatic carbocycles. The van der Waals surface area contributed by atoms with Gasteiger partial charge in [-0.25, -0.2) is 9.78 Å². The Morgan fingerprint density at radius 3 is 2.42 bits per heavy atom. The molecule has 1 aromatic heterocycles. The quantitative estimate of drug-likeness (QED) is 0.739. The minimum atomic E-state index is -4.54. The number of rotatable bonds is 3. The van der Waals surface area contributed by atoms with Crippen LogP contribution in [-0.2, 0) is 18.0 Å². The topological polar surface area (TPSA) is 67.7 Å². The summed E-state index contributed by atoms with van der Waals surface area (Å²) in [5.74, 6) is -0.231. The molecule has 0 atom stereocenters. The Morgan fingerprint density at radius 2 is 1.84 bits per heavy atom. The van der Waals surface area contributed by atoms with Gasteiger partial charge in [0.05, 0.1) is 17.6 Å². The van der Waals surface area contributed by atoms with Gasteiger partial charge in [-0.1, -0.05) is 0 Å². The van der Waals surface area contributed by atoms with Crippen LogP contribution in [0.5, 0.6) is 0 Å². The van der Waals surface area contributed by atoms with Crippen molar-refractivity contribution in [2.75, 3.05) is 26.2 Å². The van der Waals surface area contributed by atoms with E-state index in [-0.39, 0.29) is 35.3 Å². The van der Waals surface area contributed by atoms with E-state index in [1.165, 1.54) is 10.6 Å². The zero-order valence-corrected chi connectivity index (χ0v) is 17.1. The van der Waals surface area contributed by atoms with Gasteiger partial charge in [0.1, 0.15) is 12.1 Å². The molecular formula is C21H23F3N4O3. The molecule has 3 fully saturated rings. The van der Waals surface area contributed by atoms with E-state index >= 15 is 0 Å². The molecule has 31 heavy (non-hydrogen) atoms. The van der Waals surface area contributed by atoms with Crippen molar-refractivity contribution in [3.63, 3.8) is 0 Å². The zero-order valence-electron chi connectivity index (χ0n) is 17.1. The maximum atomic E-state index is 13.7. The summed E-state index contributed by atoms with van der Waals surface area (Å²) in [4.78, 5) is 32.3. The molecule has 3 heterocycles. The molecule has 10 heteroatoms. The SMILES string of the molecule is Cn1c(C(=O)N2CCC(N3CCOC3=O)CC2)nc2c(C(F)(F)F)cc(C3CC3)cc21. The van der Waals surface area contributed by atoms with Crippen molar-refractivity contribution in [1.29, 1.82) is 0 Å². The highest BCUT2D eigenvalue weighted by Crippen LogP contribution is 2.44. The molecule has 1 aliphatic carbocycles. The predicted molar refractivity (Wildman–Crippen MR) is 105 cm³/mol. The highest BCUT2D eigenvalue weighted by atomic mass is 19.4. The standard InChI is InChI=1S/C21H23F3N4O3/c1-26-16-11-13(12-2-3-12)10-15(21(22,23)24)17(16)25-18(26)19(29)27-6-4-14(5-7-27)28-8-9-31-20(28)30/h10-12,14H,2-9H2,1H3. The number of hydrogen-bond donors (Lipinski definition) is 0. The smallest absolute Gasteiger partial charge is 0.418 e. The van der Waals surface area contributed by atoms with Gasteiger partial charge in [-0.2, -0.15) is 13.2 Å². The first kappa shape index (κ1) is 20.1. The molecule has 0 bridgehead atoms. The van der Waals surface area contributed by atoms with Gasteiger partial charge in [-0.15, -0.1) is 0 Å². The third kappa shape index (κ3) is 3.51. The van der Waals surface area contributed by atoms with Gasteiger partial charge in [0.2, 0.25) is 0 Å². The lowest BCUT2D eigenvalue weighted by molar-refractivity contribution is -0.136. The molecule has 0 spiro atoms. The lowest BCUT2D eigenvalue weighted by Crippen LogP contribution is -2.47. The number of fused-ring (bicyclic) bond motifs is 1. The maximum Gasteiger partial charge on any atom is 0.418 e. The van der Waals surface area contributed by atoms with Crippen molar-refractivity contribution in [1.82, 2.24) is 19.4 Å². The van der Waals surface area contributed by atoms with Crippen molar-refractivity contribution in [3.05, 3.63) is 29.1 Å². The molecule has 3 aliphatic rings. The molecule has 166 valence electrons. The van der Waals surface area contributed by atoms with Crippen LogP contribution in [0.1, 0.15) is 53.3 Å². The lowest BCUT2D eigenvalue weighted by Gasteiger charge is -2.35. The summed E-state index contributed by atoms with van der Waals surface area (Å²) in [5.41, 5.74) is 0.0140. The molecule has 2 aliphatic heterocycles. The number of aryl methyl sites for hydroxylation is 1. The van der Waals surface area contributed by atoms with Crippen LogP contribution >= 0.6 is 0 Å². The van der Waals surface area contributed by atoms with Crippen LogP contribution in [0, 0.1) is 0 Å². The number of ether oxygens (including phenoxy) is 1. The molecule has 2 aromatic rings. The number of aromatic nitrogens is 2. The molecular weight excluding hydrogens is 413 g/mol. The van der Waals surface area contributed by atoms with Crippen LogP contribution in [0.25, 0.3) is 11.0 Å². The zero-order chi connectivity index (χ0) is 21.9. The molecule has 1 saturated carbocycles. The van der Waals surface area contributed by atoms with Crippen molar-refractivity contribution in [2.24, 2.45) is 7.05 Å². The minimum Gasteiger partial charge on any atom is -0.448 e. The van der Waals surface area contributed by atoms with Crippen molar-refractivity contribution >= 4 is 23.0 Å². The van der Waals surface area contributed by atoms with Crippen molar-refractivity contribution < 1.29 is 27.5 Å². The van der Waals surface area contributed by atoms with Gasteiger partial charge in [0.25, 0.3) is 5.91 Å². The van der Waals surface area contributed by atoms with Crippen LogP contribution in [0.4, 0.5) is 18.0 Å². The Balaban J connectivity index is 1.42. The average Bonchev–Trinajstić information content (AvgIpc) is 3.42. The molecule has 5 rings (SSSR count). The summed E-state index contributed by atoms with van der Waals surface area (Å²) in [6.45, 7) is 1.75. The second kappa shape index (κ2) is 7.13. The number of cyclic esters (lactones) is 1. The van der Waals surface area contributed by atoms with Gasteiger partial charge < -0.3 is 19.1 Å². The number of benzene rings is 1. The Hall–Kier alpha value is -2.78. The highest BCUT2D eigenvalue weighted by Gasteiger charge is 2.38. The second-order valence-electron chi connectivity index (χ2n) is 8.53. The molecule has 0 unspecified atom stereocenters. The maximum absolute atomic E-state index is 13.7. The van der Waals surface area contributed by atoms with Gasteiger partial charge >= 0.3 is 12.3 Å². The molecule has 7 nitrogen and oxygen atoms in total. The number of carbonyl (C=O) groups is 2. The summed E-state index contributed by atoms with van der Waals surface area (Å²) < 4.78 is 47.6. The summed E-state index contributed by atoms with van der Waals surface area (Å²) >= 11 is 0. The number of hydrogen-bond acceptors (Lipinski definition) is 4. The van der Waals surface area contributed by atoms with Gasteiger partial charge in [-0.05, 0) is 49.3 Å². The van der Waals surface area contributed by atoms with E-state index in [9.17, 15) is 22.8 Å². The third-order valence-corrected chi connectivity index (χ3v) is 6.54. The number of carbonyl (C=O) groups excluding carboxylic acids is 2. The van der Waals surface area contributed by atoms with Crippen molar-refractivity contribution in [2.45, 2.75) is 43.8 Å².